The number of nitrogens with one attached hydrogen (secondary N) is 1. The van der Waals surface area contributed by atoms with Crippen molar-refractivity contribution in [1.82, 2.24) is 4.72 Å². The lowest BCUT2D eigenvalue weighted by atomic mass is 10.0. The fraction of sp³-hybridized carbons (Fsp3) is 0.538. The first-order valence-corrected chi connectivity index (χ1v) is 7.80. The van der Waals surface area contributed by atoms with Gasteiger partial charge in [-0.1, -0.05) is 12.8 Å². The van der Waals surface area contributed by atoms with Crippen molar-refractivity contribution in [1.29, 1.82) is 0 Å². The number of sulfonamides is 1. The van der Waals surface area contributed by atoms with Crippen LogP contribution in [0.1, 0.15) is 25.7 Å². The van der Waals surface area contributed by atoms with Crippen LogP contribution in [-0.2, 0) is 10.0 Å². The Morgan fingerprint density at radius 1 is 1.26 bits per heavy atom. The van der Waals surface area contributed by atoms with E-state index in [2.05, 4.69) is 4.72 Å². The van der Waals surface area contributed by atoms with Gasteiger partial charge in [-0.05, 0) is 37.1 Å². The molecule has 2 rings (SSSR count). The average Bonchev–Trinajstić information content (AvgIpc) is 2.84. The molecule has 6 heteroatoms. The van der Waals surface area contributed by atoms with Crippen LogP contribution in [0.2, 0.25) is 0 Å². The van der Waals surface area contributed by atoms with Crippen LogP contribution in [0.4, 0.5) is 0 Å². The Balaban J connectivity index is 2.05. The highest BCUT2D eigenvalue weighted by atomic mass is 32.2. The van der Waals surface area contributed by atoms with Gasteiger partial charge in [0.1, 0.15) is 5.75 Å². The Morgan fingerprint density at radius 2 is 1.84 bits per heavy atom. The fourth-order valence-electron chi connectivity index (χ4n) is 2.28. The Hall–Kier alpha value is -1.11. The topological polar surface area (TPSA) is 75.6 Å². The Morgan fingerprint density at radius 3 is 2.37 bits per heavy atom. The molecule has 0 aromatic heterocycles. The van der Waals surface area contributed by atoms with Crippen LogP contribution >= 0.6 is 0 Å². The Kier molecular flexibility index (Phi) is 4.13. The molecule has 19 heavy (non-hydrogen) atoms. The van der Waals surface area contributed by atoms with Crippen LogP contribution in [0, 0.1) is 0 Å². The lowest BCUT2D eigenvalue weighted by Crippen LogP contribution is -2.40. The zero-order valence-corrected chi connectivity index (χ0v) is 11.7. The largest absolute Gasteiger partial charge is 0.497 e. The van der Waals surface area contributed by atoms with Gasteiger partial charge in [-0.25, -0.2) is 13.1 Å². The molecule has 0 bridgehead atoms. The summed E-state index contributed by atoms with van der Waals surface area (Å²) in [5.41, 5.74) is -0.889. The van der Waals surface area contributed by atoms with E-state index >= 15 is 0 Å². The second kappa shape index (κ2) is 5.48. The number of methoxy groups -OCH3 is 1. The van der Waals surface area contributed by atoms with Crippen molar-refractivity contribution in [3.8, 4) is 5.75 Å². The van der Waals surface area contributed by atoms with E-state index < -0.39 is 15.6 Å². The summed E-state index contributed by atoms with van der Waals surface area (Å²) >= 11 is 0. The number of hydrogen-bond donors (Lipinski definition) is 2. The first-order chi connectivity index (χ1) is 8.95. The van der Waals surface area contributed by atoms with E-state index in [0.29, 0.717) is 18.6 Å². The Labute approximate surface area is 113 Å². The van der Waals surface area contributed by atoms with E-state index in [4.69, 9.17) is 4.74 Å². The summed E-state index contributed by atoms with van der Waals surface area (Å²) in [6, 6.07) is 6.16. The number of aliphatic hydroxyl groups is 1. The van der Waals surface area contributed by atoms with E-state index in [1.165, 1.54) is 19.2 Å². The van der Waals surface area contributed by atoms with Crippen molar-refractivity contribution >= 4 is 10.0 Å². The van der Waals surface area contributed by atoms with E-state index in [1.54, 1.807) is 12.1 Å². The molecule has 0 spiro atoms. The summed E-state index contributed by atoms with van der Waals surface area (Å²) in [5, 5.41) is 10.1. The molecular formula is C13H19NO4S. The minimum absolute atomic E-state index is 0.0708. The minimum atomic E-state index is -3.58. The van der Waals surface area contributed by atoms with Gasteiger partial charge in [0, 0.05) is 6.54 Å². The smallest absolute Gasteiger partial charge is 0.240 e. The van der Waals surface area contributed by atoms with Gasteiger partial charge in [0.2, 0.25) is 10.0 Å². The van der Waals surface area contributed by atoms with Crippen molar-refractivity contribution in [2.45, 2.75) is 36.2 Å². The Bertz CT molecular complexity index is 518. The van der Waals surface area contributed by atoms with Crippen LogP contribution in [0.3, 0.4) is 0 Å². The van der Waals surface area contributed by atoms with Gasteiger partial charge < -0.3 is 9.84 Å². The van der Waals surface area contributed by atoms with Crippen LogP contribution in [-0.4, -0.2) is 32.8 Å². The zero-order valence-electron chi connectivity index (χ0n) is 10.9. The van der Waals surface area contributed by atoms with E-state index in [9.17, 15) is 13.5 Å². The molecule has 0 saturated heterocycles. The predicted molar refractivity (Wildman–Crippen MR) is 71.6 cm³/mol. The maximum absolute atomic E-state index is 12.1. The standard InChI is InChI=1S/C13H19NO4S/c1-18-11-4-6-12(7-5-11)19(16,17)14-10-13(15)8-2-3-9-13/h4-7,14-15H,2-3,8-10H2,1H3. The molecule has 0 radical (unpaired) electrons. The zero-order chi connectivity index (χ0) is 13.9. The number of benzene rings is 1. The molecule has 1 aromatic rings. The normalized spacial score (nSPS) is 18.4. The van der Waals surface area contributed by atoms with Gasteiger partial charge in [-0.3, -0.25) is 0 Å². The van der Waals surface area contributed by atoms with Crippen LogP contribution in [0.5, 0.6) is 5.75 Å². The first kappa shape index (κ1) is 14.3. The van der Waals surface area contributed by atoms with Crippen LogP contribution in [0.25, 0.3) is 0 Å². The molecule has 106 valence electrons. The monoisotopic (exact) mass is 285 g/mol. The molecule has 5 nitrogen and oxygen atoms in total. The number of hydrogen-bond acceptors (Lipinski definition) is 4. The van der Waals surface area contributed by atoms with Crippen molar-refractivity contribution in [3.05, 3.63) is 24.3 Å². The van der Waals surface area contributed by atoms with Gasteiger partial charge >= 0.3 is 0 Å². The summed E-state index contributed by atoms with van der Waals surface area (Å²) < 4.78 is 31.6. The third kappa shape index (κ3) is 3.46. The van der Waals surface area contributed by atoms with Gasteiger partial charge in [0.05, 0.1) is 17.6 Å². The molecule has 0 amide bonds. The molecule has 2 N–H and O–H groups in total. The molecular weight excluding hydrogens is 266 g/mol. The minimum Gasteiger partial charge on any atom is -0.497 e. The van der Waals surface area contributed by atoms with E-state index in [1.807, 2.05) is 0 Å². The van der Waals surface area contributed by atoms with Crippen molar-refractivity contribution in [2.24, 2.45) is 0 Å². The van der Waals surface area contributed by atoms with Gasteiger partial charge in [-0.2, -0.15) is 0 Å². The predicted octanol–water partition coefficient (Wildman–Crippen LogP) is 1.28. The molecule has 1 aliphatic rings. The van der Waals surface area contributed by atoms with Crippen molar-refractivity contribution < 1.29 is 18.3 Å². The van der Waals surface area contributed by atoms with Crippen LogP contribution < -0.4 is 9.46 Å². The summed E-state index contributed by atoms with van der Waals surface area (Å²) in [6.45, 7) is 0.0708. The second-order valence-electron chi connectivity index (χ2n) is 4.93. The SMILES string of the molecule is COc1ccc(S(=O)(=O)NCC2(O)CCCC2)cc1. The molecule has 0 unspecified atom stereocenters. The van der Waals surface area contributed by atoms with Crippen molar-refractivity contribution in [2.75, 3.05) is 13.7 Å². The average molecular weight is 285 g/mol. The number of ether oxygens (including phenoxy) is 1. The summed E-state index contributed by atoms with van der Waals surface area (Å²) in [5.74, 6) is 0.605. The molecule has 1 aromatic carbocycles. The lowest BCUT2D eigenvalue weighted by Gasteiger charge is -2.22. The van der Waals surface area contributed by atoms with Gasteiger partial charge in [-0.15, -0.1) is 0 Å². The molecule has 1 saturated carbocycles. The summed E-state index contributed by atoms with van der Waals surface area (Å²) in [7, 11) is -2.05. The number of rotatable bonds is 5. The highest BCUT2D eigenvalue weighted by molar-refractivity contribution is 7.89. The molecule has 1 fully saturated rings. The third-order valence-electron chi connectivity index (χ3n) is 3.50. The first-order valence-electron chi connectivity index (χ1n) is 6.31. The second-order valence-corrected chi connectivity index (χ2v) is 6.70. The van der Waals surface area contributed by atoms with E-state index in [-0.39, 0.29) is 11.4 Å². The molecule has 0 atom stereocenters. The van der Waals surface area contributed by atoms with Gasteiger partial charge in [0.25, 0.3) is 0 Å². The summed E-state index contributed by atoms with van der Waals surface area (Å²) in [4.78, 5) is 0.176. The quantitative estimate of drug-likeness (QED) is 0.854. The molecule has 0 heterocycles. The lowest BCUT2D eigenvalue weighted by molar-refractivity contribution is 0.0532. The van der Waals surface area contributed by atoms with Crippen molar-refractivity contribution in [3.63, 3.8) is 0 Å². The van der Waals surface area contributed by atoms with Gasteiger partial charge in [0.15, 0.2) is 0 Å². The highest BCUT2D eigenvalue weighted by Gasteiger charge is 2.32. The van der Waals surface area contributed by atoms with E-state index in [0.717, 1.165) is 12.8 Å². The molecule has 1 aliphatic carbocycles. The summed E-state index contributed by atoms with van der Waals surface area (Å²) in [6.07, 6.45) is 3.19. The maximum atomic E-state index is 12.1. The highest BCUT2D eigenvalue weighted by Crippen LogP contribution is 2.29. The fourth-order valence-corrected chi connectivity index (χ4v) is 3.40. The molecule has 0 aliphatic heterocycles. The third-order valence-corrected chi connectivity index (χ3v) is 4.91. The maximum Gasteiger partial charge on any atom is 0.240 e. The van der Waals surface area contributed by atoms with Crippen LogP contribution in [0.15, 0.2) is 29.2 Å².